The zero-order chi connectivity index (χ0) is 18.2. The first-order chi connectivity index (χ1) is 11.7. The van der Waals surface area contributed by atoms with Gasteiger partial charge in [0.05, 0.1) is 5.92 Å². The van der Waals surface area contributed by atoms with Crippen LogP contribution in [0.5, 0.6) is 5.75 Å². The maximum Gasteiger partial charge on any atom is 0.400 e. The van der Waals surface area contributed by atoms with Crippen LogP contribution in [0.1, 0.15) is 58.3 Å². The van der Waals surface area contributed by atoms with Crippen molar-refractivity contribution in [2.24, 2.45) is 17.3 Å². The van der Waals surface area contributed by atoms with Gasteiger partial charge in [-0.3, -0.25) is 0 Å². The molecule has 0 aromatic heterocycles. The monoisotopic (exact) mass is 362 g/mol. The van der Waals surface area contributed by atoms with Crippen LogP contribution in [0.15, 0.2) is 12.1 Å². The van der Waals surface area contributed by atoms with Crippen molar-refractivity contribution in [2.45, 2.75) is 64.4 Å². The van der Waals surface area contributed by atoms with E-state index in [0.717, 1.165) is 32.1 Å². The molecule has 2 fully saturated rings. The van der Waals surface area contributed by atoms with Crippen LogP contribution in [0, 0.1) is 34.7 Å². The van der Waals surface area contributed by atoms with Crippen LogP contribution in [0.2, 0.25) is 0 Å². The van der Waals surface area contributed by atoms with Gasteiger partial charge in [0, 0.05) is 12.1 Å². The largest absolute Gasteiger partial charge is 0.432 e. The maximum absolute atomic E-state index is 14.3. The molecule has 25 heavy (non-hydrogen) atoms. The van der Waals surface area contributed by atoms with Crippen LogP contribution in [-0.2, 0) is 0 Å². The molecule has 0 amide bonds. The van der Waals surface area contributed by atoms with Crippen LogP contribution in [0.25, 0.3) is 0 Å². The van der Waals surface area contributed by atoms with Gasteiger partial charge in [-0.1, -0.05) is 19.8 Å². The molecule has 0 unspecified atom stereocenters. The van der Waals surface area contributed by atoms with Gasteiger partial charge in [0.1, 0.15) is 5.75 Å². The van der Waals surface area contributed by atoms with E-state index in [9.17, 15) is 22.0 Å². The molecule has 6 heteroatoms. The summed E-state index contributed by atoms with van der Waals surface area (Å²) in [6, 6.07) is 0.910. The average molecular weight is 362 g/mol. The van der Waals surface area contributed by atoms with Crippen molar-refractivity contribution in [3.05, 3.63) is 29.6 Å². The van der Waals surface area contributed by atoms with Gasteiger partial charge < -0.3 is 4.74 Å². The van der Waals surface area contributed by atoms with Crippen LogP contribution in [-0.4, -0.2) is 6.11 Å². The highest BCUT2D eigenvalue weighted by Gasteiger charge is 2.57. The highest BCUT2D eigenvalue weighted by molar-refractivity contribution is 5.25. The molecule has 2 saturated carbocycles. The highest BCUT2D eigenvalue weighted by Crippen LogP contribution is 2.59. The SMILES string of the molecule is CCCC1CCC2(CC1)CC(C(F)(F)Oc1cc(F)c(F)c(F)c1)C2. The van der Waals surface area contributed by atoms with Gasteiger partial charge >= 0.3 is 6.11 Å². The van der Waals surface area contributed by atoms with E-state index in [2.05, 4.69) is 11.7 Å². The number of ether oxygens (including phenoxy) is 1. The molecule has 3 rings (SSSR count). The second-order valence-electron chi connectivity index (χ2n) is 7.70. The minimum Gasteiger partial charge on any atom is -0.432 e. The first kappa shape index (κ1) is 18.5. The lowest BCUT2D eigenvalue weighted by Gasteiger charge is -2.53. The zero-order valence-corrected chi connectivity index (χ0v) is 14.3. The summed E-state index contributed by atoms with van der Waals surface area (Å²) in [4.78, 5) is 0. The minimum absolute atomic E-state index is 0.0268. The van der Waals surface area contributed by atoms with Crippen LogP contribution in [0.3, 0.4) is 0 Å². The van der Waals surface area contributed by atoms with Gasteiger partial charge in [0.15, 0.2) is 17.5 Å². The molecule has 2 aliphatic carbocycles. The van der Waals surface area contributed by atoms with Gasteiger partial charge in [-0.15, -0.1) is 0 Å². The number of halogens is 5. The molecule has 0 aliphatic heterocycles. The van der Waals surface area contributed by atoms with Gasteiger partial charge in [-0.05, 0) is 49.9 Å². The molecule has 1 aromatic rings. The summed E-state index contributed by atoms with van der Waals surface area (Å²) in [6.45, 7) is 2.16. The fourth-order valence-corrected chi connectivity index (χ4v) is 4.45. The van der Waals surface area contributed by atoms with Crippen molar-refractivity contribution >= 4 is 0 Å². The molecule has 0 saturated heterocycles. The summed E-state index contributed by atoms with van der Waals surface area (Å²) < 4.78 is 72.3. The second-order valence-corrected chi connectivity index (χ2v) is 7.70. The summed E-state index contributed by atoms with van der Waals surface area (Å²) in [6.07, 6.45) is 3.66. The van der Waals surface area contributed by atoms with Gasteiger partial charge in [-0.2, -0.15) is 8.78 Å². The van der Waals surface area contributed by atoms with E-state index in [-0.39, 0.29) is 5.41 Å². The number of hydrogen-bond donors (Lipinski definition) is 0. The van der Waals surface area contributed by atoms with E-state index < -0.39 is 35.2 Å². The van der Waals surface area contributed by atoms with Crippen molar-refractivity contribution < 1.29 is 26.7 Å². The molecular formula is C19H23F5O. The standard InChI is InChI=1S/C19H23F5O/c1-2-3-12-4-6-18(7-5-12)10-13(11-18)19(23,24)25-14-8-15(20)17(22)16(21)9-14/h8-9,12-13H,2-7,10-11H2,1H3. The molecule has 0 atom stereocenters. The Hall–Kier alpha value is -1.33. The van der Waals surface area contributed by atoms with E-state index in [4.69, 9.17) is 0 Å². The Labute approximate surface area is 144 Å². The van der Waals surface area contributed by atoms with Crippen LogP contribution in [0.4, 0.5) is 22.0 Å². The number of rotatable bonds is 5. The normalized spacial score (nSPS) is 29.5. The lowest BCUT2D eigenvalue weighted by Crippen LogP contribution is -2.50. The summed E-state index contributed by atoms with van der Waals surface area (Å²) in [5, 5.41) is 0. The Morgan fingerprint density at radius 1 is 1.08 bits per heavy atom. The third kappa shape index (κ3) is 3.77. The first-order valence-corrected chi connectivity index (χ1v) is 8.96. The molecule has 0 radical (unpaired) electrons. The van der Waals surface area contributed by atoms with Crippen LogP contribution < -0.4 is 4.74 Å². The quantitative estimate of drug-likeness (QED) is 0.431. The number of hydrogen-bond acceptors (Lipinski definition) is 1. The molecule has 1 aromatic carbocycles. The van der Waals surface area contributed by atoms with E-state index in [0.29, 0.717) is 30.9 Å². The van der Waals surface area contributed by atoms with Gasteiger partial charge in [0.25, 0.3) is 0 Å². The smallest absolute Gasteiger partial charge is 0.400 e. The van der Waals surface area contributed by atoms with E-state index in [1.165, 1.54) is 6.42 Å². The third-order valence-electron chi connectivity index (χ3n) is 5.91. The Bertz CT molecular complexity index is 591. The van der Waals surface area contributed by atoms with Gasteiger partial charge in [0.2, 0.25) is 0 Å². The lowest BCUT2D eigenvalue weighted by atomic mass is 9.54. The average Bonchev–Trinajstić information content (AvgIpc) is 2.51. The van der Waals surface area contributed by atoms with Crippen molar-refractivity contribution in [3.8, 4) is 5.75 Å². The second kappa shape index (κ2) is 6.76. The molecule has 0 N–H and O–H groups in total. The van der Waals surface area contributed by atoms with E-state index >= 15 is 0 Å². The summed E-state index contributed by atoms with van der Waals surface area (Å²) in [7, 11) is 0. The van der Waals surface area contributed by atoms with E-state index in [1.807, 2.05) is 0 Å². The predicted molar refractivity (Wildman–Crippen MR) is 83.9 cm³/mol. The predicted octanol–water partition coefficient (Wildman–Crippen LogP) is 6.46. The molecular weight excluding hydrogens is 339 g/mol. The third-order valence-corrected chi connectivity index (χ3v) is 5.91. The zero-order valence-electron chi connectivity index (χ0n) is 14.3. The summed E-state index contributed by atoms with van der Waals surface area (Å²) in [5.41, 5.74) is -0.0268. The Morgan fingerprint density at radius 3 is 2.16 bits per heavy atom. The Balaban J connectivity index is 1.58. The topological polar surface area (TPSA) is 9.23 Å². The fourth-order valence-electron chi connectivity index (χ4n) is 4.45. The lowest BCUT2D eigenvalue weighted by molar-refractivity contribution is -0.258. The molecule has 2 aliphatic rings. The number of benzene rings is 1. The van der Waals surface area contributed by atoms with Crippen LogP contribution >= 0.6 is 0 Å². The molecule has 1 spiro atoms. The summed E-state index contributed by atoms with van der Waals surface area (Å²) >= 11 is 0. The number of alkyl halides is 2. The first-order valence-electron chi connectivity index (χ1n) is 8.96. The van der Waals surface area contributed by atoms with E-state index in [1.54, 1.807) is 0 Å². The van der Waals surface area contributed by atoms with Crippen molar-refractivity contribution in [1.29, 1.82) is 0 Å². The van der Waals surface area contributed by atoms with Crippen molar-refractivity contribution in [3.63, 3.8) is 0 Å². The fraction of sp³-hybridized carbons (Fsp3) is 0.684. The van der Waals surface area contributed by atoms with Gasteiger partial charge in [-0.25, -0.2) is 13.2 Å². The summed E-state index contributed by atoms with van der Waals surface area (Å²) in [5.74, 6) is -5.71. The maximum atomic E-state index is 14.3. The Morgan fingerprint density at radius 2 is 1.64 bits per heavy atom. The van der Waals surface area contributed by atoms with Crippen molar-refractivity contribution in [1.82, 2.24) is 0 Å². The molecule has 1 nitrogen and oxygen atoms in total. The Kier molecular flexibility index (Phi) is 5.00. The molecule has 140 valence electrons. The van der Waals surface area contributed by atoms with Crippen molar-refractivity contribution in [2.75, 3.05) is 0 Å². The molecule has 0 bridgehead atoms. The minimum atomic E-state index is -3.51. The molecule has 0 heterocycles. The highest BCUT2D eigenvalue weighted by atomic mass is 19.3.